The predicted molar refractivity (Wildman–Crippen MR) is 108 cm³/mol. The third-order valence-corrected chi connectivity index (χ3v) is 5.45. The van der Waals surface area contributed by atoms with Crippen molar-refractivity contribution in [2.45, 2.75) is 25.7 Å². The summed E-state index contributed by atoms with van der Waals surface area (Å²) in [6.45, 7) is 3.67. The van der Waals surface area contributed by atoms with Crippen LogP contribution in [0.15, 0.2) is 55.0 Å². The summed E-state index contributed by atoms with van der Waals surface area (Å²) in [6.07, 6.45) is 6.59. The Morgan fingerprint density at radius 2 is 2.07 bits per heavy atom. The van der Waals surface area contributed by atoms with Crippen molar-refractivity contribution in [3.63, 3.8) is 0 Å². The molecule has 4 rings (SSSR count). The molecule has 1 aliphatic rings. The molecule has 1 amide bonds. The highest BCUT2D eigenvalue weighted by atomic mass is 16.2. The summed E-state index contributed by atoms with van der Waals surface area (Å²) >= 11 is 0. The molecule has 1 aromatic carbocycles. The molecular formula is C23H22N4O. The average Bonchev–Trinajstić information content (AvgIpc) is 2.73. The lowest BCUT2D eigenvalue weighted by atomic mass is 9.83. The minimum Gasteiger partial charge on any atom is -0.342 e. The molecule has 2 aromatic heterocycles. The molecule has 1 saturated heterocycles. The van der Waals surface area contributed by atoms with Crippen LogP contribution in [-0.2, 0) is 11.2 Å². The van der Waals surface area contributed by atoms with Crippen LogP contribution in [0.25, 0.3) is 10.9 Å². The van der Waals surface area contributed by atoms with Gasteiger partial charge in [0.15, 0.2) is 0 Å². The van der Waals surface area contributed by atoms with Crippen molar-refractivity contribution in [1.82, 2.24) is 14.9 Å². The number of likely N-dealkylation sites (tertiary alicyclic amines) is 1. The molecule has 3 heterocycles. The monoisotopic (exact) mass is 370 g/mol. The van der Waals surface area contributed by atoms with Crippen LogP contribution in [0, 0.1) is 17.2 Å². The van der Waals surface area contributed by atoms with Crippen LogP contribution in [0.4, 0.5) is 0 Å². The third-order valence-electron chi connectivity index (χ3n) is 5.45. The molecule has 0 saturated carbocycles. The Labute approximate surface area is 164 Å². The summed E-state index contributed by atoms with van der Waals surface area (Å²) in [6, 6.07) is 13.9. The van der Waals surface area contributed by atoms with Crippen molar-refractivity contribution in [3.8, 4) is 6.07 Å². The maximum absolute atomic E-state index is 12.9. The van der Waals surface area contributed by atoms with Crippen molar-refractivity contribution in [1.29, 1.82) is 5.26 Å². The van der Waals surface area contributed by atoms with Crippen LogP contribution in [0.1, 0.15) is 36.0 Å². The van der Waals surface area contributed by atoms with Gasteiger partial charge < -0.3 is 4.90 Å². The number of hydrogen-bond acceptors (Lipinski definition) is 4. The predicted octanol–water partition coefficient (Wildman–Crippen LogP) is 3.70. The first-order valence-electron chi connectivity index (χ1n) is 9.60. The van der Waals surface area contributed by atoms with Crippen molar-refractivity contribution in [2.24, 2.45) is 5.92 Å². The second kappa shape index (κ2) is 7.77. The zero-order valence-electron chi connectivity index (χ0n) is 15.9. The lowest BCUT2D eigenvalue weighted by Crippen LogP contribution is -2.43. The number of rotatable bonds is 3. The van der Waals surface area contributed by atoms with Crippen LogP contribution in [-0.4, -0.2) is 33.9 Å². The number of nitrogens with zero attached hydrogens (tertiary/aromatic N) is 4. The second-order valence-corrected chi connectivity index (χ2v) is 7.59. The second-order valence-electron chi connectivity index (χ2n) is 7.59. The summed E-state index contributed by atoms with van der Waals surface area (Å²) < 4.78 is 0. The van der Waals surface area contributed by atoms with Crippen molar-refractivity contribution < 1.29 is 4.79 Å². The Hall–Kier alpha value is -3.26. The van der Waals surface area contributed by atoms with E-state index in [1.165, 1.54) is 5.56 Å². The number of fused-ring (bicyclic) bond motifs is 1. The van der Waals surface area contributed by atoms with E-state index in [1.807, 2.05) is 41.3 Å². The lowest BCUT2D eigenvalue weighted by molar-refractivity contribution is -0.132. The minimum absolute atomic E-state index is 0.139. The van der Waals surface area contributed by atoms with Crippen molar-refractivity contribution in [2.75, 3.05) is 13.1 Å². The molecule has 5 nitrogen and oxygen atoms in total. The number of piperidine rings is 1. The number of carbonyl (C=O) groups excluding carboxylic acids is 1. The standard InChI is InChI=1S/C23H22N4O/c1-16-10-19(15-27(14-16)22(28)11-17-4-2-8-25-13-17)20-7-6-18(12-24)23-21(20)5-3-9-26-23/h2-9,13,16,19H,10-11,14-15H2,1H3/t16-,19+/m1/s1. The fraction of sp³-hybridized carbons (Fsp3) is 0.304. The summed E-state index contributed by atoms with van der Waals surface area (Å²) in [7, 11) is 0. The van der Waals surface area contributed by atoms with Crippen LogP contribution in [0.3, 0.4) is 0 Å². The zero-order chi connectivity index (χ0) is 19.5. The number of nitriles is 1. The van der Waals surface area contributed by atoms with E-state index in [9.17, 15) is 10.1 Å². The Kier molecular flexibility index (Phi) is 5.03. The zero-order valence-corrected chi connectivity index (χ0v) is 15.9. The molecule has 1 fully saturated rings. The van der Waals surface area contributed by atoms with Crippen LogP contribution in [0.5, 0.6) is 0 Å². The maximum Gasteiger partial charge on any atom is 0.227 e. The molecule has 0 radical (unpaired) electrons. The fourth-order valence-electron chi connectivity index (χ4n) is 4.21. The maximum atomic E-state index is 12.9. The van der Waals surface area contributed by atoms with Crippen molar-refractivity contribution in [3.05, 3.63) is 71.7 Å². The fourth-order valence-corrected chi connectivity index (χ4v) is 4.21. The average molecular weight is 370 g/mol. The van der Waals surface area contributed by atoms with Gasteiger partial charge in [-0.05, 0) is 41.7 Å². The smallest absolute Gasteiger partial charge is 0.227 e. The molecule has 0 N–H and O–H groups in total. The number of hydrogen-bond donors (Lipinski definition) is 0. The first-order valence-corrected chi connectivity index (χ1v) is 9.60. The minimum atomic E-state index is 0.139. The number of carbonyl (C=O) groups is 1. The highest BCUT2D eigenvalue weighted by Gasteiger charge is 2.30. The van der Waals surface area contributed by atoms with Gasteiger partial charge in [-0.25, -0.2) is 0 Å². The van der Waals surface area contributed by atoms with E-state index in [0.717, 1.165) is 29.4 Å². The van der Waals surface area contributed by atoms with Gasteiger partial charge in [-0.15, -0.1) is 0 Å². The molecule has 1 aliphatic heterocycles. The summed E-state index contributed by atoms with van der Waals surface area (Å²) in [5.74, 6) is 0.792. The van der Waals surface area contributed by atoms with Gasteiger partial charge in [0.05, 0.1) is 17.5 Å². The Balaban J connectivity index is 1.62. The Bertz CT molecular complexity index is 1040. The molecule has 5 heteroatoms. The van der Waals surface area contributed by atoms with Gasteiger partial charge in [0, 0.05) is 43.0 Å². The summed E-state index contributed by atoms with van der Waals surface area (Å²) in [5.41, 5.74) is 3.45. The number of benzene rings is 1. The van der Waals surface area contributed by atoms with E-state index in [-0.39, 0.29) is 11.8 Å². The molecule has 0 spiro atoms. The largest absolute Gasteiger partial charge is 0.342 e. The highest BCUT2D eigenvalue weighted by molar-refractivity contribution is 5.87. The van der Waals surface area contributed by atoms with Gasteiger partial charge in [0.25, 0.3) is 0 Å². The summed E-state index contributed by atoms with van der Waals surface area (Å²) in [5, 5.41) is 10.4. The van der Waals surface area contributed by atoms with E-state index in [4.69, 9.17) is 0 Å². The van der Waals surface area contributed by atoms with Gasteiger partial charge in [0.1, 0.15) is 6.07 Å². The van der Waals surface area contributed by atoms with E-state index < -0.39 is 0 Å². The Morgan fingerprint density at radius 3 is 2.86 bits per heavy atom. The number of pyridine rings is 2. The molecule has 3 aromatic rings. The van der Waals surface area contributed by atoms with Gasteiger partial charge >= 0.3 is 0 Å². The van der Waals surface area contributed by atoms with E-state index >= 15 is 0 Å². The molecule has 0 unspecified atom stereocenters. The SMILES string of the molecule is C[C@@H]1C[C@H](c2ccc(C#N)c3ncccc23)CN(C(=O)Cc2cccnc2)C1. The number of aromatic nitrogens is 2. The molecule has 0 bridgehead atoms. The van der Waals surface area contributed by atoms with Gasteiger partial charge in [0.2, 0.25) is 5.91 Å². The summed E-state index contributed by atoms with van der Waals surface area (Å²) in [4.78, 5) is 23.4. The molecule has 28 heavy (non-hydrogen) atoms. The molecule has 140 valence electrons. The van der Waals surface area contributed by atoms with Crippen LogP contribution in [0.2, 0.25) is 0 Å². The Morgan fingerprint density at radius 1 is 1.21 bits per heavy atom. The number of amides is 1. The highest BCUT2D eigenvalue weighted by Crippen LogP contribution is 2.35. The van der Waals surface area contributed by atoms with Gasteiger partial charge in [-0.1, -0.05) is 25.1 Å². The first kappa shape index (κ1) is 18.1. The van der Waals surface area contributed by atoms with Gasteiger partial charge in [-0.2, -0.15) is 5.26 Å². The normalized spacial score (nSPS) is 19.4. The quantitative estimate of drug-likeness (QED) is 0.705. The third kappa shape index (κ3) is 3.59. The van der Waals surface area contributed by atoms with Crippen LogP contribution < -0.4 is 0 Å². The van der Waals surface area contributed by atoms with Gasteiger partial charge in [-0.3, -0.25) is 14.8 Å². The van der Waals surface area contributed by atoms with E-state index in [0.29, 0.717) is 24.4 Å². The van der Waals surface area contributed by atoms with Crippen LogP contribution >= 0.6 is 0 Å². The molecular weight excluding hydrogens is 348 g/mol. The molecule has 0 aliphatic carbocycles. The lowest BCUT2D eigenvalue weighted by Gasteiger charge is -2.37. The van der Waals surface area contributed by atoms with E-state index in [2.05, 4.69) is 23.0 Å². The topological polar surface area (TPSA) is 69.9 Å². The molecule has 2 atom stereocenters. The van der Waals surface area contributed by atoms with E-state index in [1.54, 1.807) is 18.6 Å². The first-order chi connectivity index (χ1) is 13.7. The van der Waals surface area contributed by atoms with Crippen molar-refractivity contribution >= 4 is 16.8 Å².